The summed E-state index contributed by atoms with van der Waals surface area (Å²) in [5, 5.41) is 9.24. The normalized spacial score (nSPS) is 25.7. The molecule has 21 heavy (non-hydrogen) atoms. The lowest BCUT2D eigenvalue weighted by Gasteiger charge is -2.42. The molecule has 0 aromatic rings. The van der Waals surface area contributed by atoms with Crippen LogP contribution >= 0.6 is 0 Å². The summed E-state index contributed by atoms with van der Waals surface area (Å²) in [4.78, 5) is 39.6. The van der Waals surface area contributed by atoms with Crippen molar-refractivity contribution in [3.63, 3.8) is 0 Å². The lowest BCUT2D eigenvalue weighted by Crippen LogP contribution is -2.57. The van der Waals surface area contributed by atoms with Crippen LogP contribution in [-0.2, 0) is 14.3 Å². The Hall–Kier alpha value is -1.67. The number of aliphatic hydroxyl groups is 1. The highest BCUT2D eigenvalue weighted by Gasteiger charge is 2.39. The number of carbonyl (C=O) groups is 3. The molecule has 2 heterocycles. The van der Waals surface area contributed by atoms with Crippen LogP contribution < -0.4 is 0 Å². The summed E-state index contributed by atoms with van der Waals surface area (Å²) in [6, 6.07) is -0.459. The molecule has 2 fully saturated rings. The fraction of sp³-hybridized carbons (Fsp3) is 0.769. The minimum absolute atomic E-state index is 0.0000174. The number of carbonyl (C=O) groups excluding carboxylic acids is 3. The van der Waals surface area contributed by atoms with Crippen molar-refractivity contribution in [3.05, 3.63) is 0 Å². The summed E-state index contributed by atoms with van der Waals surface area (Å²) < 4.78 is 5.63. The zero-order chi connectivity index (χ0) is 15.8. The zero-order valence-corrected chi connectivity index (χ0v) is 12.5. The van der Waals surface area contributed by atoms with E-state index in [0.29, 0.717) is 6.54 Å². The first-order chi connectivity index (χ1) is 9.73. The minimum atomic E-state index is -0.572. The summed E-state index contributed by atoms with van der Waals surface area (Å²) in [5.41, 5.74) is -0.572. The van der Waals surface area contributed by atoms with Crippen molar-refractivity contribution in [3.8, 4) is 0 Å². The molecule has 8 nitrogen and oxygen atoms in total. The second-order valence-corrected chi connectivity index (χ2v) is 6.07. The number of morpholine rings is 1. The Labute approximate surface area is 123 Å². The number of hydrogen-bond donors (Lipinski definition) is 1. The van der Waals surface area contributed by atoms with Gasteiger partial charge in [-0.1, -0.05) is 0 Å². The number of urea groups is 1. The Morgan fingerprint density at radius 1 is 1.43 bits per heavy atom. The number of imide groups is 1. The molecule has 2 aliphatic rings. The molecule has 8 heteroatoms. The van der Waals surface area contributed by atoms with Gasteiger partial charge in [0.05, 0.1) is 18.3 Å². The lowest BCUT2D eigenvalue weighted by atomic mass is 10.1. The Bertz CT molecular complexity index is 465. The molecule has 1 unspecified atom stereocenters. The van der Waals surface area contributed by atoms with E-state index in [1.807, 2.05) is 13.8 Å². The smallest absolute Gasteiger partial charge is 0.327 e. The summed E-state index contributed by atoms with van der Waals surface area (Å²) in [7, 11) is 1.52. The van der Waals surface area contributed by atoms with Crippen LogP contribution in [0.5, 0.6) is 0 Å². The first kappa shape index (κ1) is 15.7. The predicted octanol–water partition coefficient (Wildman–Crippen LogP) is -1.12. The Morgan fingerprint density at radius 3 is 2.62 bits per heavy atom. The first-order valence-electron chi connectivity index (χ1n) is 6.85. The molecular formula is C13H21N3O5. The van der Waals surface area contributed by atoms with E-state index < -0.39 is 17.7 Å². The van der Waals surface area contributed by atoms with Gasteiger partial charge >= 0.3 is 6.03 Å². The number of aliphatic hydroxyl groups excluding tert-OH is 1. The van der Waals surface area contributed by atoms with Gasteiger partial charge in [-0.3, -0.25) is 14.5 Å². The number of ether oxygens (including phenoxy) is 1. The molecule has 2 aliphatic heterocycles. The third-order valence-corrected chi connectivity index (χ3v) is 3.56. The summed E-state index contributed by atoms with van der Waals surface area (Å²) in [6.07, 6.45) is -0.453. The molecule has 1 atom stereocenters. The number of likely N-dealkylation sites (N-methyl/N-ethyl adjacent to an activating group) is 1. The van der Waals surface area contributed by atoms with Gasteiger partial charge in [-0.05, 0) is 13.8 Å². The fourth-order valence-corrected chi connectivity index (χ4v) is 2.64. The minimum Gasteiger partial charge on any atom is -0.394 e. The van der Waals surface area contributed by atoms with Gasteiger partial charge in [0.1, 0.15) is 13.1 Å². The molecule has 118 valence electrons. The van der Waals surface area contributed by atoms with Crippen molar-refractivity contribution >= 4 is 17.8 Å². The molecule has 0 saturated carbocycles. The summed E-state index contributed by atoms with van der Waals surface area (Å²) in [5.74, 6) is -0.691. The third-order valence-electron chi connectivity index (χ3n) is 3.56. The van der Waals surface area contributed by atoms with E-state index in [9.17, 15) is 19.5 Å². The molecule has 0 spiro atoms. The Balaban J connectivity index is 2.03. The number of hydrogen-bond acceptors (Lipinski definition) is 5. The largest absolute Gasteiger partial charge is 0.394 e. The standard InChI is InChI=1S/C13H21N3O5/c1-13(2)8-15(4-9(7-17)21-13)10(18)6-16-11(19)5-14(3)12(16)20/h9,17H,4-8H2,1-3H3. The summed E-state index contributed by atoms with van der Waals surface area (Å²) in [6.45, 7) is 3.82. The van der Waals surface area contributed by atoms with Gasteiger partial charge in [-0.2, -0.15) is 0 Å². The highest BCUT2D eigenvalue weighted by Crippen LogP contribution is 2.21. The van der Waals surface area contributed by atoms with E-state index in [2.05, 4.69) is 0 Å². The highest BCUT2D eigenvalue weighted by molar-refractivity contribution is 6.04. The van der Waals surface area contributed by atoms with Crippen LogP contribution in [0.1, 0.15) is 13.8 Å². The van der Waals surface area contributed by atoms with Crippen LogP contribution in [0.2, 0.25) is 0 Å². The average Bonchev–Trinajstić information content (AvgIpc) is 2.63. The molecule has 2 rings (SSSR count). The second-order valence-electron chi connectivity index (χ2n) is 6.07. The van der Waals surface area contributed by atoms with Gasteiger partial charge in [-0.15, -0.1) is 0 Å². The SMILES string of the molecule is CN1CC(=O)N(CC(=O)N2CC(CO)OC(C)(C)C2)C1=O. The maximum Gasteiger partial charge on any atom is 0.327 e. The van der Waals surface area contributed by atoms with Crippen molar-refractivity contribution in [2.45, 2.75) is 25.6 Å². The van der Waals surface area contributed by atoms with E-state index in [0.717, 1.165) is 4.90 Å². The van der Waals surface area contributed by atoms with Crippen molar-refractivity contribution in [2.75, 3.05) is 39.8 Å². The van der Waals surface area contributed by atoms with Crippen molar-refractivity contribution in [1.82, 2.24) is 14.7 Å². The van der Waals surface area contributed by atoms with Crippen molar-refractivity contribution in [2.24, 2.45) is 0 Å². The monoisotopic (exact) mass is 299 g/mol. The van der Waals surface area contributed by atoms with E-state index in [1.165, 1.54) is 16.8 Å². The molecule has 0 aromatic carbocycles. The average molecular weight is 299 g/mol. The zero-order valence-electron chi connectivity index (χ0n) is 12.5. The van der Waals surface area contributed by atoms with Crippen LogP contribution in [0.15, 0.2) is 0 Å². The van der Waals surface area contributed by atoms with Gasteiger partial charge in [0, 0.05) is 20.1 Å². The molecule has 4 amide bonds. The molecule has 1 N–H and O–H groups in total. The molecule has 0 aliphatic carbocycles. The van der Waals surface area contributed by atoms with Gasteiger partial charge < -0.3 is 19.6 Å². The fourth-order valence-electron chi connectivity index (χ4n) is 2.64. The predicted molar refractivity (Wildman–Crippen MR) is 72.4 cm³/mol. The van der Waals surface area contributed by atoms with Crippen LogP contribution in [-0.4, -0.2) is 89.2 Å². The summed E-state index contributed by atoms with van der Waals surface area (Å²) >= 11 is 0. The third kappa shape index (κ3) is 3.33. The van der Waals surface area contributed by atoms with E-state index in [1.54, 1.807) is 0 Å². The maximum absolute atomic E-state index is 12.3. The number of rotatable bonds is 3. The first-order valence-corrected chi connectivity index (χ1v) is 6.85. The second kappa shape index (κ2) is 5.61. The van der Waals surface area contributed by atoms with Crippen molar-refractivity contribution in [1.29, 1.82) is 0 Å². The van der Waals surface area contributed by atoms with E-state index >= 15 is 0 Å². The maximum atomic E-state index is 12.3. The van der Waals surface area contributed by atoms with Crippen molar-refractivity contribution < 1.29 is 24.2 Å². The molecular weight excluding hydrogens is 278 g/mol. The topological polar surface area (TPSA) is 90.4 Å². The molecule has 0 radical (unpaired) electrons. The van der Waals surface area contributed by atoms with Gasteiger partial charge in [0.2, 0.25) is 5.91 Å². The van der Waals surface area contributed by atoms with Crippen LogP contribution in [0, 0.1) is 0 Å². The van der Waals surface area contributed by atoms with E-state index in [-0.39, 0.29) is 38.1 Å². The number of nitrogens with zero attached hydrogens (tertiary/aromatic N) is 3. The number of amides is 4. The van der Waals surface area contributed by atoms with Crippen LogP contribution in [0.4, 0.5) is 4.79 Å². The van der Waals surface area contributed by atoms with Crippen LogP contribution in [0.25, 0.3) is 0 Å². The Morgan fingerprint density at radius 2 is 2.10 bits per heavy atom. The molecule has 0 aromatic heterocycles. The van der Waals surface area contributed by atoms with Gasteiger partial charge in [0.15, 0.2) is 0 Å². The molecule has 2 saturated heterocycles. The van der Waals surface area contributed by atoms with Gasteiger partial charge in [0.25, 0.3) is 5.91 Å². The lowest BCUT2D eigenvalue weighted by molar-refractivity contribution is -0.167. The quantitative estimate of drug-likeness (QED) is 0.667. The Kier molecular flexibility index (Phi) is 4.20. The highest BCUT2D eigenvalue weighted by atomic mass is 16.5. The molecule has 0 bridgehead atoms. The van der Waals surface area contributed by atoms with E-state index in [4.69, 9.17) is 4.74 Å². The van der Waals surface area contributed by atoms with Gasteiger partial charge in [-0.25, -0.2) is 4.79 Å². The van der Waals surface area contributed by atoms with Crippen LogP contribution in [0.3, 0.4) is 0 Å².